The molecule has 2 atom stereocenters. The highest BCUT2D eigenvalue weighted by atomic mass is 16.6. The maximum absolute atomic E-state index is 12.1. The summed E-state index contributed by atoms with van der Waals surface area (Å²) >= 11 is 0. The molecule has 0 radical (unpaired) electrons. The van der Waals surface area contributed by atoms with Crippen molar-refractivity contribution in [2.75, 3.05) is 13.1 Å². The lowest BCUT2D eigenvalue weighted by Crippen LogP contribution is -2.45. The van der Waals surface area contributed by atoms with Gasteiger partial charge in [-0.15, -0.1) is 0 Å². The molecule has 0 aromatic heterocycles. The second-order valence-corrected chi connectivity index (χ2v) is 5.59. The second kappa shape index (κ2) is 6.55. The molecule has 1 heterocycles. The SMILES string of the molecule is CC(=O)[C@H]1C[C@@H](C)CN(C(=O)OCc2ccccc2)C1. The zero-order valence-electron chi connectivity index (χ0n) is 12.0. The van der Waals surface area contributed by atoms with Crippen LogP contribution in [0, 0.1) is 11.8 Å². The minimum atomic E-state index is -0.327. The van der Waals surface area contributed by atoms with E-state index in [0.29, 0.717) is 19.0 Å². The van der Waals surface area contributed by atoms with E-state index in [0.717, 1.165) is 12.0 Å². The molecule has 0 N–H and O–H groups in total. The Bertz CT molecular complexity index is 472. The standard InChI is InChI=1S/C16H21NO3/c1-12-8-15(13(2)18)10-17(9-12)16(19)20-11-14-6-4-3-5-7-14/h3-7,12,15H,8-11H2,1-2H3/t12-,15+/m1/s1. The molecule has 1 aromatic rings. The summed E-state index contributed by atoms with van der Waals surface area (Å²) in [7, 11) is 0. The van der Waals surface area contributed by atoms with Gasteiger partial charge < -0.3 is 9.64 Å². The third-order valence-electron chi connectivity index (χ3n) is 3.70. The van der Waals surface area contributed by atoms with E-state index in [-0.39, 0.29) is 24.4 Å². The first-order valence-corrected chi connectivity index (χ1v) is 7.02. The number of carbonyl (C=O) groups excluding carboxylic acids is 2. The van der Waals surface area contributed by atoms with E-state index in [1.165, 1.54) is 0 Å². The molecular formula is C16H21NO3. The van der Waals surface area contributed by atoms with Gasteiger partial charge in [-0.2, -0.15) is 0 Å². The summed E-state index contributed by atoms with van der Waals surface area (Å²) < 4.78 is 5.32. The Morgan fingerprint density at radius 2 is 1.95 bits per heavy atom. The number of carbonyl (C=O) groups is 2. The molecule has 20 heavy (non-hydrogen) atoms. The fraction of sp³-hybridized carbons (Fsp3) is 0.500. The van der Waals surface area contributed by atoms with Crippen LogP contribution in [0.5, 0.6) is 0 Å². The van der Waals surface area contributed by atoms with Crippen LogP contribution >= 0.6 is 0 Å². The van der Waals surface area contributed by atoms with Gasteiger partial charge in [0.15, 0.2) is 0 Å². The van der Waals surface area contributed by atoms with Crippen molar-refractivity contribution in [3.63, 3.8) is 0 Å². The van der Waals surface area contributed by atoms with E-state index in [1.54, 1.807) is 11.8 Å². The normalized spacial score (nSPS) is 22.4. The number of piperidine rings is 1. The van der Waals surface area contributed by atoms with Crippen LogP contribution in [0.2, 0.25) is 0 Å². The predicted molar refractivity (Wildman–Crippen MR) is 76.2 cm³/mol. The minimum Gasteiger partial charge on any atom is -0.445 e. The molecule has 0 spiro atoms. The van der Waals surface area contributed by atoms with Crippen LogP contribution in [0.1, 0.15) is 25.8 Å². The molecule has 0 unspecified atom stereocenters. The van der Waals surface area contributed by atoms with Gasteiger partial charge in [0.2, 0.25) is 0 Å². The van der Waals surface area contributed by atoms with Gasteiger partial charge in [-0.05, 0) is 24.8 Å². The quantitative estimate of drug-likeness (QED) is 0.852. The molecule has 4 heteroatoms. The van der Waals surface area contributed by atoms with Crippen molar-refractivity contribution < 1.29 is 14.3 Å². The van der Waals surface area contributed by atoms with Gasteiger partial charge in [0.1, 0.15) is 12.4 Å². The molecule has 1 amide bonds. The van der Waals surface area contributed by atoms with Crippen molar-refractivity contribution in [3.05, 3.63) is 35.9 Å². The molecule has 4 nitrogen and oxygen atoms in total. The van der Waals surface area contributed by atoms with Gasteiger partial charge in [-0.1, -0.05) is 37.3 Å². The molecule has 1 saturated heterocycles. The second-order valence-electron chi connectivity index (χ2n) is 5.59. The molecule has 1 aliphatic rings. The van der Waals surface area contributed by atoms with Gasteiger partial charge >= 0.3 is 6.09 Å². The summed E-state index contributed by atoms with van der Waals surface area (Å²) in [6, 6.07) is 9.60. The van der Waals surface area contributed by atoms with E-state index >= 15 is 0 Å². The Morgan fingerprint density at radius 3 is 2.60 bits per heavy atom. The van der Waals surface area contributed by atoms with Crippen molar-refractivity contribution >= 4 is 11.9 Å². The molecule has 108 valence electrons. The number of hydrogen-bond acceptors (Lipinski definition) is 3. The van der Waals surface area contributed by atoms with E-state index < -0.39 is 0 Å². The number of nitrogens with zero attached hydrogens (tertiary/aromatic N) is 1. The topological polar surface area (TPSA) is 46.6 Å². The van der Waals surface area contributed by atoms with Gasteiger partial charge in [0.25, 0.3) is 0 Å². The van der Waals surface area contributed by atoms with Crippen molar-refractivity contribution in [3.8, 4) is 0 Å². The summed E-state index contributed by atoms with van der Waals surface area (Å²) in [4.78, 5) is 25.2. The lowest BCUT2D eigenvalue weighted by Gasteiger charge is -2.34. The Labute approximate surface area is 119 Å². The zero-order valence-corrected chi connectivity index (χ0v) is 12.0. The third-order valence-corrected chi connectivity index (χ3v) is 3.70. The highest BCUT2D eigenvalue weighted by Gasteiger charge is 2.30. The van der Waals surface area contributed by atoms with Crippen LogP contribution in [0.25, 0.3) is 0 Å². The Kier molecular flexibility index (Phi) is 4.77. The fourth-order valence-corrected chi connectivity index (χ4v) is 2.61. The molecule has 1 aromatic carbocycles. The third kappa shape index (κ3) is 3.83. The van der Waals surface area contributed by atoms with Crippen LogP contribution in [0.3, 0.4) is 0 Å². The molecular weight excluding hydrogens is 254 g/mol. The van der Waals surface area contributed by atoms with Crippen LogP contribution < -0.4 is 0 Å². The van der Waals surface area contributed by atoms with Gasteiger partial charge in [-0.25, -0.2) is 4.79 Å². The molecule has 0 aliphatic carbocycles. The largest absolute Gasteiger partial charge is 0.445 e. The van der Waals surface area contributed by atoms with E-state index in [4.69, 9.17) is 4.74 Å². The Hall–Kier alpha value is -1.84. The van der Waals surface area contributed by atoms with Crippen molar-refractivity contribution in [1.82, 2.24) is 4.90 Å². The number of ether oxygens (including phenoxy) is 1. The van der Waals surface area contributed by atoms with Crippen LogP contribution in [-0.2, 0) is 16.1 Å². The van der Waals surface area contributed by atoms with Gasteiger partial charge in [0.05, 0.1) is 0 Å². The average Bonchev–Trinajstić information content (AvgIpc) is 2.45. The monoisotopic (exact) mass is 275 g/mol. The van der Waals surface area contributed by atoms with Crippen molar-refractivity contribution in [2.45, 2.75) is 26.9 Å². The maximum Gasteiger partial charge on any atom is 0.410 e. The number of benzene rings is 1. The van der Waals surface area contributed by atoms with Crippen molar-refractivity contribution in [1.29, 1.82) is 0 Å². The summed E-state index contributed by atoms with van der Waals surface area (Å²) in [6.45, 7) is 5.07. The fourth-order valence-electron chi connectivity index (χ4n) is 2.61. The summed E-state index contributed by atoms with van der Waals surface area (Å²) in [5.41, 5.74) is 0.967. The first kappa shape index (κ1) is 14.6. The van der Waals surface area contributed by atoms with Crippen molar-refractivity contribution in [2.24, 2.45) is 11.8 Å². The minimum absolute atomic E-state index is 0.0528. The number of rotatable bonds is 3. The molecule has 1 fully saturated rings. The number of amides is 1. The van der Waals surface area contributed by atoms with E-state index in [9.17, 15) is 9.59 Å². The highest BCUT2D eigenvalue weighted by Crippen LogP contribution is 2.23. The Morgan fingerprint density at radius 1 is 1.25 bits per heavy atom. The van der Waals surface area contributed by atoms with E-state index in [1.807, 2.05) is 30.3 Å². The first-order chi connectivity index (χ1) is 9.56. The van der Waals surface area contributed by atoms with Gasteiger partial charge in [0, 0.05) is 19.0 Å². The number of ketones is 1. The van der Waals surface area contributed by atoms with E-state index in [2.05, 4.69) is 6.92 Å². The smallest absolute Gasteiger partial charge is 0.410 e. The molecule has 2 rings (SSSR count). The first-order valence-electron chi connectivity index (χ1n) is 7.02. The molecule has 0 bridgehead atoms. The van der Waals surface area contributed by atoms with Crippen LogP contribution in [0.15, 0.2) is 30.3 Å². The Balaban J connectivity index is 1.90. The van der Waals surface area contributed by atoms with Crippen LogP contribution in [-0.4, -0.2) is 29.9 Å². The lowest BCUT2D eigenvalue weighted by atomic mass is 9.88. The summed E-state index contributed by atoms with van der Waals surface area (Å²) in [5.74, 6) is 0.433. The van der Waals surface area contributed by atoms with Gasteiger partial charge in [-0.3, -0.25) is 4.79 Å². The number of likely N-dealkylation sites (tertiary alicyclic amines) is 1. The molecule has 1 aliphatic heterocycles. The lowest BCUT2D eigenvalue weighted by molar-refractivity contribution is -0.122. The highest BCUT2D eigenvalue weighted by molar-refractivity contribution is 5.79. The average molecular weight is 275 g/mol. The number of hydrogen-bond donors (Lipinski definition) is 0. The summed E-state index contributed by atoms with van der Waals surface area (Å²) in [5, 5.41) is 0. The zero-order chi connectivity index (χ0) is 14.5. The molecule has 0 saturated carbocycles. The van der Waals surface area contributed by atoms with Crippen LogP contribution in [0.4, 0.5) is 4.79 Å². The summed E-state index contributed by atoms with van der Waals surface area (Å²) in [6.07, 6.45) is 0.532. The predicted octanol–water partition coefficient (Wildman–Crippen LogP) is 2.87. The maximum atomic E-state index is 12.1. The number of Topliss-reactive ketones (excluding diaryl/α,β-unsaturated/α-hetero) is 1.